The summed E-state index contributed by atoms with van der Waals surface area (Å²) in [5.41, 5.74) is -2.17. The third kappa shape index (κ3) is 3.70. The van der Waals surface area contributed by atoms with Gasteiger partial charge in [0.05, 0.1) is 11.5 Å². The molecule has 0 aliphatic rings. The van der Waals surface area contributed by atoms with E-state index in [1.807, 2.05) is 0 Å². The van der Waals surface area contributed by atoms with Crippen LogP contribution in [0, 0.1) is 10.1 Å². The van der Waals surface area contributed by atoms with Crippen LogP contribution in [-0.4, -0.2) is 29.7 Å². The molecule has 8 heteroatoms. The van der Waals surface area contributed by atoms with Crippen LogP contribution < -0.4 is 4.90 Å². The van der Waals surface area contributed by atoms with Gasteiger partial charge < -0.3 is 10.0 Å². The Kier molecular flexibility index (Phi) is 5.09. The molecular weight excluding hydrogens is 277 g/mol. The first-order chi connectivity index (χ1) is 9.31. The molecule has 0 atom stereocenters. The summed E-state index contributed by atoms with van der Waals surface area (Å²) in [7, 11) is 0. The minimum Gasteiger partial charge on any atom is -0.395 e. The number of hydrogen-bond donors (Lipinski definition) is 1. The van der Waals surface area contributed by atoms with Crippen LogP contribution in [0.3, 0.4) is 0 Å². The second-order valence-corrected chi connectivity index (χ2v) is 3.91. The largest absolute Gasteiger partial charge is 0.423 e. The summed E-state index contributed by atoms with van der Waals surface area (Å²) in [5, 5.41) is 19.5. The number of benzene rings is 1. The first-order valence-electron chi connectivity index (χ1n) is 5.63. The Labute approximate surface area is 113 Å². The van der Waals surface area contributed by atoms with E-state index in [4.69, 9.17) is 5.11 Å². The van der Waals surface area contributed by atoms with E-state index < -0.39 is 22.4 Å². The van der Waals surface area contributed by atoms with E-state index in [1.165, 1.54) is 17.0 Å². The Morgan fingerprint density at radius 1 is 1.45 bits per heavy atom. The fraction of sp³-hybridized carbons (Fsp3) is 0.333. The van der Waals surface area contributed by atoms with Gasteiger partial charge in [-0.2, -0.15) is 13.2 Å². The molecule has 0 amide bonds. The zero-order valence-electron chi connectivity index (χ0n) is 10.4. The summed E-state index contributed by atoms with van der Waals surface area (Å²) in [4.78, 5) is 11.0. The van der Waals surface area contributed by atoms with Crippen molar-refractivity contribution in [2.45, 2.75) is 6.18 Å². The van der Waals surface area contributed by atoms with Crippen molar-refractivity contribution in [2.24, 2.45) is 0 Å². The van der Waals surface area contributed by atoms with Gasteiger partial charge in [0.2, 0.25) is 0 Å². The van der Waals surface area contributed by atoms with Crippen LogP contribution in [0.1, 0.15) is 5.56 Å². The van der Waals surface area contributed by atoms with Gasteiger partial charge in [-0.15, -0.1) is 6.58 Å². The molecule has 1 aromatic carbocycles. The number of anilines is 1. The predicted molar refractivity (Wildman–Crippen MR) is 67.6 cm³/mol. The molecule has 0 spiro atoms. The van der Waals surface area contributed by atoms with E-state index in [9.17, 15) is 23.3 Å². The highest BCUT2D eigenvalue weighted by Crippen LogP contribution is 2.38. The number of nitrogens with zero attached hydrogens (tertiary/aromatic N) is 2. The SMILES string of the molecule is C=CCN(CCO)c1ccc([N+](=O)[O-])c(C(F)(F)F)c1. The Morgan fingerprint density at radius 2 is 2.10 bits per heavy atom. The fourth-order valence-corrected chi connectivity index (χ4v) is 1.71. The molecule has 0 saturated carbocycles. The summed E-state index contributed by atoms with van der Waals surface area (Å²) in [6.07, 6.45) is -3.36. The van der Waals surface area contributed by atoms with Crippen LogP contribution in [0.2, 0.25) is 0 Å². The quantitative estimate of drug-likeness (QED) is 0.497. The number of nitro benzene ring substituents is 1. The van der Waals surface area contributed by atoms with E-state index in [1.54, 1.807) is 0 Å². The maximum Gasteiger partial charge on any atom is 0.423 e. The molecule has 0 saturated heterocycles. The molecular formula is C12H13F3N2O3. The third-order valence-electron chi connectivity index (χ3n) is 2.57. The highest BCUT2D eigenvalue weighted by molar-refractivity contribution is 5.57. The van der Waals surface area contributed by atoms with E-state index in [2.05, 4.69) is 6.58 Å². The molecule has 0 heterocycles. The first-order valence-corrected chi connectivity index (χ1v) is 5.63. The average Bonchev–Trinajstić information content (AvgIpc) is 2.36. The molecule has 1 rings (SSSR count). The van der Waals surface area contributed by atoms with Gasteiger partial charge in [0.25, 0.3) is 5.69 Å². The van der Waals surface area contributed by atoms with Gasteiger partial charge in [0.15, 0.2) is 0 Å². The predicted octanol–water partition coefficient (Wildman–Crippen LogP) is 2.60. The van der Waals surface area contributed by atoms with Crippen LogP contribution in [0.5, 0.6) is 0 Å². The van der Waals surface area contributed by atoms with E-state index in [-0.39, 0.29) is 25.4 Å². The second-order valence-electron chi connectivity index (χ2n) is 3.91. The molecule has 0 fully saturated rings. The first kappa shape index (κ1) is 16.0. The number of hydrogen-bond acceptors (Lipinski definition) is 4. The molecule has 0 aromatic heterocycles. The molecule has 0 aliphatic heterocycles. The Hall–Kier alpha value is -2.09. The summed E-state index contributed by atoms with van der Waals surface area (Å²) in [6, 6.07) is 2.73. The lowest BCUT2D eigenvalue weighted by molar-refractivity contribution is -0.388. The van der Waals surface area contributed by atoms with Gasteiger partial charge in [-0.25, -0.2) is 0 Å². The number of aliphatic hydroxyl groups is 1. The van der Waals surface area contributed by atoms with E-state index in [0.717, 1.165) is 6.07 Å². The van der Waals surface area contributed by atoms with Crippen LogP contribution in [-0.2, 0) is 6.18 Å². The molecule has 5 nitrogen and oxygen atoms in total. The topological polar surface area (TPSA) is 66.6 Å². The zero-order chi connectivity index (χ0) is 15.3. The fourth-order valence-electron chi connectivity index (χ4n) is 1.71. The van der Waals surface area contributed by atoms with Crippen LogP contribution in [0.25, 0.3) is 0 Å². The van der Waals surface area contributed by atoms with E-state index in [0.29, 0.717) is 6.07 Å². The molecule has 0 unspecified atom stereocenters. The molecule has 0 aliphatic carbocycles. The Morgan fingerprint density at radius 3 is 2.55 bits per heavy atom. The van der Waals surface area contributed by atoms with Crippen molar-refractivity contribution >= 4 is 11.4 Å². The second kappa shape index (κ2) is 6.38. The lowest BCUT2D eigenvalue weighted by atomic mass is 10.1. The number of alkyl halides is 3. The standard InChI is InChI=1S/C12H13F3N2O3/c1-2-5-16(6-7-18)9-3-4-11(17(19)20)10(8-9)12(13,14)15/h2-4,8,18H,1,5-7H2. The monoisotopic (exact) mass is 290 g/mol. The zero-order valence-corrected chi connectivity index (χ0v) is 10.4. The van der Waals surface area contributed by atoms with Crippen molar-refractivity contribution < 1.29 is 23.2 Å². The molecule has 0 bridgehead atoms. The average molecular weight is 290 g/mol. The summed E-state index contributed by atoms with van der Waals surface area (Å²) in [5.74, 6) is 0. The number of rotatable bonds is 6. The third-order valence-corrected chi connectivity index (χ3v) is 2.57. The highest BCUT2D eigenvalue weighted by atomic mass is 19.4. The van der Waals surface area contributed by atoms with Crippen molar-refractivity contribution in [3.05, 3.63) is 46.5 Å². The van der Waals surface area contributed by atoms with Crippen LogP contribution >= 0.6 is 0 Å². The van der Waals surface area contributed by atoms with Crippen LogP contribution in [0.4, 0.5) is 24.5 Å². The van der Waals surface area contributed by atoms with Gasteiger partial charge in [0.1, 0.15) is 5.56 Å². The maximum absolute atomic E-state index is 12.8. The normalized spacial score (nSPS) is 11.2. The Bertz CT molecular complexity index is 503. The van der Waals surface area contributed by atoms with Crippen molar-refractivity contribution in [1.29, 1.82) is 0 Å². The number of nitro groups is 1. The van der Waals surface area contributed by atoms with E-state index >= 15 is 0 Å². The molecule has 1 N–H and O–H groups in total. The van der Waals surface area contributed by atoms with Crippen LogP contribution in [0.15, 0.2) is 30.9 Å². The molecule has 1 aromatic rings. The van der Waals surface area contributed by atoms with Gasteiger partial charge >= 0.3 is 6.18 Å². The molecule has 110 valence electrons. The van der Waals surface area contributed by atoms with Gasteiger partial charge in [-0.05, 0) is 12.1 Å². The smallest absolute Gasteiger partial charge is 0.395 e. The minimum atomic E-state index is -4.82. The Balaban J connectivity index is 3.30. The lowest BCUT2D eigenvalue weighted by Crippen LogP contribution is -2.27. The van der Waals surface area contributed by atoms with Crippen molar-refractivity contribution in [3.8, 4) is 0 Å². The summed E-state index contributed by atoms with van der Waals surface area (Å²) in [6.45, 7) is 3.53. The van der Waals surface area contributed by atoms with Crippen molar-refractivity contribution in [3.63, 3.8) is 0 Å². The van der Waals surface area contributed by atoms with Crippen molar-refractivity contribution in [1.82, 2.24) is 0 Å². The minimum absolute atomic E-state index is 0.0983. The summed E-state index contributed by atoms with van der Waals surface area (Å²) < 4.78 is 38.5. The van der Waals surface area contributed by atoms with Gasteiger partial charge in [-0.1, -0.05) is 6.08 Å². The van der Waals surface area contributed by atoms with Crippen molar-refractivity contribution in [2.75, 3.05) is 24.6 Å². The maximum atomic E-state index is 12.8. The summed E-state index contributed by atoms with van der Waals surface area (Å²) >= 11 is 0. The molecule has 0 radical (unpaired) electrons. The van der Waals surface area contributed by atoms with Gasteiger partial charge in [0, 0.05) is 24.8 Å². The highest BCUT2D eigenvalue weighted by Gasteiger charge is 2.38. The van der Waals surface area contributed by atoms with Gasteiger partial charge in [-0.3, -0.25) is 10.1 Å². The lowest BCUT2D eigenvalue weighted by Gasteiger charge is -2.23. The molecule has 20 heavy (non-hydrogen) atoms. The number of aliphatic hydroxyl groups excluding tert-OH is 1. The number of halogens is 3.